The summed E-state index contributed by atoms with van der Waals surface area (Å²) in [6, 6.07) is 9.11. The average molecular weight is 686 g/mol. The fourth-order valence-corrected chi connectivity index (χ4v) is 5.62. The van der Waals surface area contributed by atoms with Gasteiger partial charge in [0.2, 0.25) is 18.6 Å². The van der Waals surface area contributed by atoms with E-state index < -0.39 is 47.2 Å². The van der Waals surface area contributed by atoms with Crippen LogP contribution in [0.4, 0.5) is 4.79 Å². The summed E-state index contributed by atoms with van der Waals surface area (Å²) in [5.74, 6) is 0.293. The predicted octanol–water partition coefficient (Wildman–Crippen LogP) is 5.25. The molecular weight excluding hydrogens is 648 g/mol. The maximum atomic E-state index is 14.1. The SMILES string of the molecule is COC(=O)[C@@H]1C[C@@H](Oc2nc3cc4c(cc3nc2-c2cccc(Br)c2)OCO4)CN1C(=O)[C@@H](NC(=O)OC(C)(C)C)C(C)(C)C. The van der Waals surface area contributed by atoms with Crippen LogP contribution in [0.2, 0.25) is 0 Å². The van der Waals surface area contributed by atoms with E-state index in [4.69, 9.17) is 33.7 Å². The number of aromatic nitrogens is 2. The summed E-state index contributed by atoms with van der Waals surface area (Å²) in [7, 11) is 1.27. The lowest BCUT2D eigenvalue weighted by molar-refractivity contribution is -0.152. The standard InChI is InChI=1S/C32H37BrN4O8/c1-31(2,3)26(36-30(40)45-32(4,5)6)28(38)37-15-19(12-22(37)29(39)41-7)44-27-25(17-9-8-10-18(33)11-17)34-20-13-23-24(43-16-42-23)14-21(20)35-27/h8-11,13-14,19,22,26H,12,15-16H2,1-7H3,(H,36,40)/t19-,22+,26-/m1/s1. The van der Waals surface area contributed by atoms with Crippen LogP contribution in [0, 0.1) is 5.41 Å². The van der Waals surface area contributed by atoms with Crippen molar-refractivity contribution in [2.24, 2.45) is 5.41 Å². The summed E-state index contributed by atoms with van der Waals surface area (Å²) in [6.07, 6.45) is -1.24. The summed E-state index contributed by atoms with van der Waals surface area (Å²) in [5, 5.41) is 2.71. The molecule has 240 valence electrons. The zero-order valence-electron chi connectivity index (χ0n) is 26.3. The van der Waals surface area contributed by atoms with Gasteiger partial charge in [-0.25, -0.2) is 19.6 Å². The first-order valence-corrected chi connectivity index (χ1v) is 15.3. The fourth-order valence-electron chi connectivity index (χ4n) is 5.22. The second-order valence-corrected chi connectivity index (χ2v) is 13.9. The highest BCUT2D eigenvalue weighted by atomic mass is 79.9. The molecular formula is C32H37BrN4O8. The molecule has 3 atom stereocenters. The number of hydrogen-bond acceptors (Lipinski definition) is 10. The lowest BCUT2D eigenvalue weighted by Crippen LogP contribution is -2.57. The van der Waals surface area contributed by atoms with Gasteiger partial charge in [0.05, 0.1) is 24.7 Å². The molecule has 0 spiro atoms. The number of benzene rings is 2. The van der Waals surface area contributed by atoms with Crippen LogP contribution in [-0.2, 0) is 19.1 Å². The van der Waals surface area contributed by atoms with E-state index in [0.717, 1.165) is 10.0 Å². The van der Waals surface area contributed by atoms with Gasteiger partial charge in [0.25, 0.3) is 0 Å². The first kappa shape index (κ1) is 32.3. The van der Waals surface area contributed by atoms with Gasteiger partial charge < -0.3 is 33.9 Å². The monoisotopic (exact) mass is 684 g/mol. The third kappa shape index (κ3) is 7.24. The molecule has 0 radical (unpaired) electrons. The number of rotatable bonds is 6. The molecule has 45 heavy (non-hydrogen) atoms. The van der Waals surface area contributed by atoms with Crippen LogP contribution in [0.15, 0.2) is 40.9 Å². The summed E-state index contributed by atoms with van der Waals surface area (Å²) in [4.78, 5) is 50.8. The Morgan fingerprint density at radius 3 is 2.29 bits per heavy atom. The third-order valence-corrected chi connectivity index (χ3v) is 7.79. The number of nitrogens with zero attached hydrogens (tertiary/aromatic N) is 3. The number of likely N-dealkylation sites (tertiary alicyclic amines) is 1. The van der Waals surface area contributed by atoms with E-state index in [9.17, 15) is 14.4 Å². The molecule has 2 aromatic carbocycles. The largest absolute Gasteiger partial charge is 0.471 e. The van der Waals surface area contributed by atoms with Crippen molar-refractivity contribution in [2.75, 3.05) is 20.4 Å². The maximum absolute atomic E-state index is 14.1. The molecule has 12 nitrogen and oxygen atoms in total. The van der Waals surface area contributed by atoms with Crippen molar-refractivity contribution in [3.05, 3.63) is 40.9 Å². The van der Waals surface area contributed by atoms with Gasteiger partial charge >= 0.3 is 12.1 Å². The molecule has 3 heterocycles. The van der Waals surface area contributed by atoms with Crippen molar-refractivity contribution < 1.29 is 38.1 Å². The minimum Gasteiger partial charge on any atom is -0.471 e. The highest BCUT2D eigenvalue weighted by Gasteiger charge is 2.47. The zero-order chi connectivity index (χ0) is 32.7. The van der Waals surface area contributed by atoms with Gasteiger partial charge in [0, 0.05) is 28.6 Å². The van der Waals surface area contributed by atoms with Gasteiger partial charge in [-0.3, -0.25) is 4.79 Å². The second kappa shape index (κ2) is 12.3. The molecule has 5 rings (SSSR count). The summed E-state index contributed by atoms with van der Waals surface area (Å²) in [6.45, 7) is 10.8. The molecule has 2 aliphatic heterocycles. The second-order valence-electron chi connectivity index (χ2n) is 13.0. The molecule has 3 aromatic rings. The maximum Gasteiger partial charge on any atom is 0.408 e. The number of esters is 1. The highest BCUT2D eigenvalue weighted by Crippen LogP contribution is 2.39. The summed E-state index contributed by atoms with van der Waals surface area (Å²) < 4.78 is 28.9. The minimum atomic E-state index is -1.000. The quantitative estimate of drug-likeness (QED) is 0.343. The summed E-state index contributed by atoms with van der Waals surface area (Å²) >= 11 is 3.52. The van der Waals surface area contributed by atoms with E-state index in [1.54, 1.807) is 32.9 Å². The molecule has 1 saturated heterocycles. The Morgan fingerprint density at radius 1 is 1.02 bits per heavy atom. The van der Waals surface area contributed by atoms with Gasteiger partial charge in [-0.05, 0) is 38.3 Å². The average Bonchev–Trinajstić information content (AvgIpc) is 3.59. The zero-order valence-corrected chi connectivity index (χ0v) is 27.9. The number of ether oxygens (including phenoxy) is 5. The Bertz CT molecular complexity index is 1630. The van der Waals surface area contributed by atoms with Gasteiger partial charge in [-0.2, -0.15) is 0 Å². The molecule has 1 fully saturated rings. The molecule has 13 heteroatoms. The lowest BCUT2D eigenvalue weighted by atomic mass is 9.85. The van der Waals surface area contributed by atoms with E-state index in [0.29, 0.717) is 28.2 Å². The smallest absolute Gasteiger partial charge is 0.408 e. The number of methoxy groups -OCH3 is 1. The molecule has 1 aromatic heterocycles. The predicted molar refractivity (Wildman–Crippen MR) is 168 cm³/mol. The Morgan fingerprint density at radius 2 is 1.69 bits per heavy atom. The van der Waals surface area contributed by atoms with Crippen LogP contribution in [0.25, 0.3) is 22.3 Å². The van der Waals surface area contributed by atoms with Crippen molar-refractivity contribution in [3.63, 3.8) is 0 Å². The van der Waals surface area contributed by atoms with Crippen LogP contribution in [0.1, 0.15) is 48.0 Å². The van der Waals surface area contributed by atoms with Crippen LogP contribution in [0.3, 0.4) is 0 Å². The number of hydrogen-bond donors (Lipinski definition) is 1. The van der Waals surface area contributed by atoms with Crippen LogP contribution in [0.5, 0.6) is 17.4 Å². The number of alkyl carbamates (subject to hydrolysis) is 1. The van der Waals surface area contributed by atoms with E-state index >= 15 is 0 Å². The number of amides is 2. The van der Waals surface area contributed by atoms with Gasteiger partial charge in [0.15, 0.2) is 11.5 Å². The van der Waals surface area contributed by atoms with E-state index in [1.807, 2.05) is 45.0 Å². The Kier molecular flexibility index (Phi) is 8.85. The first-order chi connectivity index (χ1) is 21.1. The molecule has 0 bridgehead atoms. The number of nitrogens with one attached hydrogen (secondary N) is 1. The van der Waals surface area contributed by atoms with Crippen LogP contribution >= 0.6 is 15.9 Å². The van der Waals surface area contributed by atoms with E-state index in [-0.39, 0.29) is 25.6 Å². The van der Waals surface area contributed by atoms with Crippen LogP contribution in [-0.4, -0.2) is 77.1 Å². The Labute approximate surface area is 269 Å². The van der Waals surface area contributed by atoms with Crippen molar-refractivity contribution in [2.45, 2.75) is 71.8 Å². The summed E-state index contributed by atoms with van der Waals surface area (Å²) in [5.41, 5.74) is 0.856. The topological polar surface area (TPSA) is 138 Å². The molecule has 0 unspecified atom stereocenters. The Balaban J connectivity index is 1.48. The molecule has 2 amide bonds. The molecule has 0 saturated carbocycles. The number of halogens is 1. The molecule has 2 aliphatic rings. The third-order valence-electron chi connectivity index (χ3n) is 7.30. The molecule has 0 aliphatic carbocycles. The van der Waals surface area contributed by atoms with Crippen molar-refractivity contribution >= 4 is 44.9 Å². The van der Waals surface area contributed by atoms with Crippen molar-refractivity contribution in [1.29, 1.82) is 0 Å². The number of carbonyl (C=O) groups is 3. The van der Waals surface area contributed by atoms with Gasteiger partial charge in [-0.1, -0.05) is 48.8 Å². The number of fused-ring (bicyclic) bond motifs is 2. The first-order valence-electron chi connectivity index (χ1n) is 14.5. The van der Waals surface area contributed by atoms with Crippen molar-refractivity contribution in [3.8, 4) is 28.6 Å². The van der Waals surface area contributed by atoms with Gasteiger partial charge in [-0.15, -0.1) is 0 Å². The van der Waals surface area contributed by atoms with Gasteiger partial charge in [0.1, 0.15) is 29.5 Å². The van der Waals surface area contributed by atoms with E-state index in [1.165, 1.54) is 12.0 Å². The fraction of sp³-hybridized carbons (Fsp3) is 0.469. The number of carbonyl (C=O) groups excluding carboxylic acids is 3. The lowest BCUT2D eigenvalue weighted by Gasteiger charge is -2.35. The molecule has 1 N–H and O–H groups in total. The highest BCUT2D eigenvalue weighted by molar-refractivity contribution is 9.10. The minimum absolute atomic E-state index is 0.0416. The van der Waals surface area contributed by atoms with Crippen molar-refractivity contribution in [1.82, 2.24) is 20.2 Å². The van der Waals surface area contributed by atoms with E-state index in [2.05, 4.69) is 21.2 Å². The Hall–Kier alpha value is -4.13. The van der Waals surface area contributed by atoms with Crippen LogP contribution < -0.4 is 19.5 Å². The normalized spacial score (nSPS) is 18.4.